The summed E-state index contributed by atoms with van der Waals surface area (Å²) in [5, 5.41) is 0. The number of rotatable bonds is 8. The molecule has 4 heteroatoms. The van der Waals surface area contributed by atoms with E-state index in [1.807, 2.05) is 0 Å². The van der Waals surface area contributed by atoms with Crippen molar-refractivity contribution in [1.82, 2.24) is 0 Å². The summed E-state index contributed by atoms with van der Waals surface area (Å²) < 4.78 is 13.1. The van der Waals surface area contributed by atoms with Crippen LogP contribution in [0.2, 0.25) is 0 Å². The molecule has 5 rings (SSSR count). The Morgan fingerprint density at radius 1 is 0.548 bits per heavy atom. The zero-order valence-corrected chi connectivity index (χ0v) is 19.8. The van der Waals surface area contributed by atoms with Gasteiger partial charge in [-0.1, -0.05) is 15.8 Å². The smallest absolute Gasteiger partial charge is 0.163 e. The second-order valence-electron chi connectivity index (χ2n) is 8.51. The third-order valence-corrected chi connectivity index (χ3v) is 11.0. The van der Waals surface area contributed by atoms with Crippen molar-refractivity contribution in [3.8, 4) is 0 Å². The van der Waals surface area contributed by atoms with Crippen LogP contribution >= 0.6 is 15.8 Å². The molecule has 5 fully saturated rings. The summed E-state index contributed by atoms with van der Waals surface area (Å²) in [7, 11) is -0.937. The van der Waals surface area contributed by atoms with Crippen LogP contribution in [0.3, 0.4) is 0 Å². The Morgan fingerprint density at radius 2 is 0.806 bits per heavy atom. The molecule has 31 heavy (non-hydrogen) atoms. The van der Waals surface area contributed by atoms with Crippen LogP contribution in [0.15, 0.2) is 0 Å². The molecule has 1 aliphatic heterocycles. The van der Waals surface area contributed by atoms with E-state index in [9.17, 15) is 0 Å². The van der Waals surface area contributed by atoms with Crippen molar-refractivity contribution in [3.63, 3.8) is 0 Å². The molecule has 5 aliphatic rings. The van der Waals surface area contributed by atoms with Gasteiger partial charge in [-0.2, -0.15) is 0 Å². The van der Waals surface area contributed by atoms with E-state index < -0.39 is 21.6 Å². The second-order valence-corrected chi connectivity index (χ2v) is 13.0. The van der Waals surface area contributed by atoms with Gasteiger partial charge in [-0.3, -0.25) is 0 Å². The summed E-state index contributed by atoms with van der Waals surface area (Å²) in [6.45, 7) is 4.11. The van der Waals surface area contributed by atoms with Gasteiger partial charge in [0.1, 0.15) is 0 Å². The highest BCUT2D eigenvalue weighted by Gasteiger charge is 2.47. The fourth-order valence-electron chi connectivity index (χ4n) is 4.47. The number of hydrogen-bond acceptors (Lipinski definition) is 2. The SMILES string of the molecule is CC1(C)O[C@@H](CP([C]2[CH][CH][CH][CH]2)[C]2[CH][CH][CH][CH]2)[C@H](CP([C]2[CH][CH][CH][CH]2)[C]2[CH][CH][CH][CH]2)O1. The molecular formula is C27H28O2P2. The minimum absolute atomic E-state index is 0.0841. The van der Waals surface area contributed by atoms with Crippen LogP contribution in [-0.2, 0) is 9.47 Å². The first-order chi connectivity index (χ1) is 15.1. The largest absolute Gasteiger partial charge is 0.344 e. The van der Waals surface area contributed by atoms with Crippen LogP contribution in [0, 0.1) is 125 Å². The van der Waals surface area contributed by atoms with Crippen LogP contribution in [0.1, 0.15) is 13.8 Å². The van der Waals surface area contributed by atoms with Crippen LogP contribution in [0.5, 0.6) is 0 Å². The van der Waals surface area contributed by atoms with Gasteiger partial charge in [0.05, 0.1) is 12.2 Å². The van der Waals surface area contributed by atoms with Crippen molar-refractivity contribution in [3.05, 3.63) is 125 Å². The lowest BCUT2D eigenvalue weighted by molar-refractivity contribution is -0.142. The molecule has 158 valence electrons. The van der Waals surface area contributed by atoms with E-state index in [1.165, 1.54) is 22.6 Å². The highest BCUT2D eigenvalue weighted by molar-refractivity contribution is 7.65. The molecule has 0 aromatic heterocycles. The molecule has 4 saturated carbocycles. The summed E-state index contributed by atoms with van der Waals surface area (Å²) >= 11 is 0. The summed E-state index contributed by atoms with van der Waals surface area (Å²) in [5.74, 6) is -0.548. The summed E-state index contributed by atoms with van der Waals surface area (Å²) in [6.07, 6.45) is 37.4. The quantitative estimate of drug-likeness (QED) is 0.431. The number of ether oxygens (including phenoxy) is 2. The lowest BCUT2D eigenvalue weighted by Crippen LogP contribution is -2.30. The lowest BCUT2D eigenvalue weighted by Gasteiger charge is -2.34. The molecule has 20 radical (unpaired) electrons. The minimum Gasteiger partial charge on any atom is -0.344 e. The van der Waals surface area contributed by atoms with Crippen LogP contribution in [0.25, 0.3) is 0 Å². The Balaban J connectivity index is 1.31. The third-order valence-electron chi connectivity index (χ3n) is 5.84. The number of hydrogen-bond donors (Lipinski definition) is 0. The topological polar surface area (TPSA) is 18.5 Å². The van der Waals surface area contributed by atoms with Gasteiger partial charge in [0.15, 0.2) is 5.79 Å². The van der Waals surface area contributed by atoms with Crippen molar-refractivity contribution in [2.24, 2.45) is 0 Å². The van der Waals surface area contributed by atoms with Gasteiger partial charge >= 0.3 is 0 Å². The molecule has 1 saturated heterocycles. The highest BCUT2D eigenvalue weighted by atomic mass is 31.1. The molecule has 2 atom stereocenters. The standard InChI is InChI=1S/C27H28O2P2/c1-27(2)28-25(19-30(21-11-3-4-12-21)22-13-5-6-14-22)26(29-27)20-31(23-15-7-8-16-23)24-17-9-10-18-24/h3-18,25-26H,19-20H2,1-2H3/t25-,26-/m0/s1. The Morgan fingerprint density at radius 3 is 1.06 bits per heavy atom. The second kappa shape index (κ2) is 10.6. The van der Waals surface area contributed by atoms with Gasteiger partial charge in [-0.25, -0.2) is 0 Å². The first-order valence-electron chi connectivity index (χ1n) is 10.9. The summed E-state index contributed by atoms with van der Waals surface area (Å²) in [6, 6.07) is 0. The fraction of sp³-hybridized carbons (Fsp3) is 0.259. The van der Waals surface area contributed by atoms with Crippen LogP contribution < -0.4 is 0 Å². The molecule has 2 nitrogen and oxygen atoms in total. The maximum atomic E-state index is 6.53. The molecule has 0 unspecified atom stereocenters. The average molecular weight is 446 g/mol. The maximum absolute atomic E-state index is 6.53. The molecule has 4 aliphatic carbocycles. The first-order valence-corrected chi connectivity index (χ1v) is 13.9. The van der Waals surface area contributed by atoms with Gasteiger partial charge < -0.3 is 9.47 Å². The first kappa shape index (κ1) is 23.5. The Kier molecular flexibility index (Phi) is 8.03. The average Bonchev–Trinajstić information content (AvgIpc) is 3.57. The maximum Gasteiger partial charge on any atom is 0.163 e. The van der Waals surface area contributed by atoms with E-state index in [1.54, 1.807) is 0 Å². The fourth-order valence-corrected chi connectivity index (χ4v) is 9.38. The Hall–Kier alpha value is 0.780. The summed E-state index contributed by atoms with van der Waals surface area (Å²) in [4.78, 5) is 0. The van der Waals surface area contributed by atoms with Crippen LogP contribution in [0.4, 0.5) is 0 Å². The normalized spacial score (nSPS) is 33.7. The summed E-state index contributed by atoms with van der Waals surface area (Å²) in [5.41, 5.74) is 5.68. The molecular weight excluding hydrogens is 418 g/mol. The van der Waals surface area contributed by atoms with Crippen molar-refractivity contribution >= 4 is 15.8 Å². The molecule has 0 amide bonds. The van der Waals surface area contributed by atoms with Crippen molar-refractivity contribution < 1.29 is 9.47 Å². The van der Waals surface area contributed by atoms with Crippen LogP contribution in [-0.4, -0.2) is 30.3 Å². The molecule has 0 aromatic carbocycles. The zero-order chi connectivity index (χ0) is 21.3. The predicted molar refractivity (Wildman–Crippen MR) is 129 cm³/mol. The Labute approximate surface area is 194 Å². The molecule has 0 bridgehead atoms. The third kappa shape index (κ3) is 5.72. The van der Waals surface area contributed by atoms with Gasteiger partial charge in [-0.05, 0) is 129 Å². The Bertz CT molecular complexity index is 478. The van der Waals surface area contributed by atoms with Crippen molar-refractivity contribution in [2.75, 3.05) is 12.3 Å². The van der Waals surface area contributed by atoms with Gasteiger partial charge in [0.2, 0.25) is 0 Å². The van der Waals surface area contributed by atoms with Gasteiger partial charge in [0.25, 0.3) is 0 Å². The van der Waals surface area contributed by atoms with Gasteiger partial charge in [0, 0.05) is 22.6 Å². The molecule has 0 N–H and O–H groups in total. The van der Waals surface area contributed by atoms with E-state index in [0.29, 0.717) is 0 Å². The molecule has 0 aromatic rings. The van der Waals surface area contributed by atoms with E-state index in [4.69, 9.17) is 9.47 Å². The molecule has 0 spiro atoms. The zero-order valence-electron chi connectivity index (χ0n) is 18.0. The van der Waals surface area contributed by atoms with Crippen molar-refractivity contribution in [2.45, 2.75) is 31.8 Å². The van der Waals surface area contributed by atoms with Crippen molar-refractivity contribution in [1.29, 1.82) is 0 Å². The monoisotopic (exact) mass is 446 g/mol. The lowest BCUT2D eigenvalue weighted by atomic mass is 10.2. The van der Waals surface area contributed by atoms with Gasteiger partial charge in [-0.15, -0.1) is 0 Å². The highest BCUT2D eigenvalue weighted by Crippen LogP contribution is 2.67. The predicted octanol–water partition coefficient (Wildman–Crippen LogP) is 5.92. The van der Waals surface area contributed by atoms with E-state index in [-0.39, 0.29) is 12.2 Å². The minimum atomic E-state index is -0.548. The van der Waals surface area contributed by atoms with E-state index in [2.05, 4.69) is 117 Å². The van der Waals surface area contributed by atoms with E-state index >= 15 is 0 Å². The molecule has 1 heterocycles. The van der Waals surface area contributed by atoms with E-state index in [0.717, 1.165) is 12.3 Å².